The van der Waals surface area contributed by atoms with E-state index in [1.807, 2.05) is 0 Å². The van der Waals surface area contributed by atoms with Crippen molar-refractivity contribution in [2.45, 2.75) is 19.8 Å². The average molecular weight is 331 g/mol. The molecule has 0 saturated carbocycles. The van der Waals surface area contributed by atoms with Crippen molar-refractivity contribution in [3.05, 3.63) is 64.0 Å². The number of nitrogens with one attached hydrogen (secondary N) is 2. The molecule has 0 aliphatic carbocycles. The highest BCUT2D eigenvalue weighted by atomic mass is 19.1. The van der Waals surface area contributed by atoms with Crippen molar-refractivity contribution in [3.8, 4) is 0 Å². The number of anilines is 2. The minimum absolute atomic E-state index is 0.00360. The van der Waals surface area contributed by atoms with Gasteiger partial charge in [0.15, 0.2) is 0 Å². The van der Waals surface area contributed by atoms with Gasteiger partial charge in [0.25, 0.3) is 5.69 Å². The molecular weight excluding hydrogens is 313 g/mol. The first-order valence-electron chi connectivity index (χ1n) is 7.50. The molecule has 1 amide bonds. The average Bonchev–Trinajstić information content (AvgIpc) is 2.54. The monoisotopic (exact) mass is 331 g/mol. The molecular formula is C17H18FN3O3. The molecule has 6 nitrogen and oxygen atoms in total. The lowest BCUT2D eigenvalue weighted by Gasteiger charge is -2.09. The molecule has 0 saturated heterocycles. The summed E-state index contributed by atoms with van der Waals surface area (Å²) in [5.41, 5.74) is 1.66. The second-order valence-corrected chi connectivity index (χ2v) is 5.31. The zero-order valence-corrected chi connectivity index (χ0v) is 13.2. The number of benzene rings is 2. The third-order valence-corrected chi connectivity index (χ3v) is 3.46. The van der Waals surface area contributed by atoms with Gasteiger partial charge in [-0.1, -0.05) is 12.1 Å². The topological polar surface area (TPSA) is 84.3 Å². The number of carbonyl (C=O) groups is 1. The number of nitrogens with zero attached hydrogens (tertiary/aromatic N) is 1. The fraction of sp³-hybridized carbons (Fsp3) is 0.235. The third kappa shape index (κ3) is 4.77. The molecule has 0 aromatic heterocycles. The van der Waals surface area contributed by atoms with E-state index < -0.39 is 4.92 Å². The van der Waals surface area contributed by atoms with Crippen LogP contribution in [0.15, 0.2) is 42.5 Å². The standard InChI is InChI=1S/C17H18FN3O3/c1-12-11-13(18)8-9-14(12)20-17(22)7-4-10-19-15-5-2-3-6-16(15)21(23)24/h2-3,5-6,8-9,11,19H,4,7,10H2,1H3,(H,20,22). The summed E-state index contributed by atoms with van der Waals surface area (Å²) >= 11 is 0. The minimum atomic E-state index is -0.452. The zero-order valence-electron chi connectivity index (χ0n) is 13.2. The Kier molecular flexibility index (Phi) is 5.83. The Balaban J connectivity index is 1.80. The molecule has 0 unspecified atom stereocenters. The lowest BCUT2D eigenvalue weighted by Crippen LogP contribution is -2.14. The van der Waals surface area contributed by atoms with Crippen LogP contribution >= 0.6 is 0 Å². The maximum Gasteiger partial charge on any atom is 0.292 e. The highest BCUT2D eigenvalue weighted by Gasteiger charge is 2.11. The first-order chi connectivity index (χ1) is 11.5. The van der Waals surface area contributed by atoms with Crippen LogP contribution in [0.25, 0.3) is 0 Å². The number of carbonyl (C=O) groups excluding carboxylic acids is 1. The molecule has 0 spiro atoms. The number of halogens is 1. The van der Waals surface area contributed by atoms with Crippen LogP contribution in [0, 0.1) is 22.9 Å². The van der Waals surface area contributed by atoms with Gasteiger partial charge in [-0.3, -0.25) is 14.9 Å². The molecule has 24 heavy (non-hydrogen) atoms. The van der Waals surface area contributed by atoms with Crippen molar-refractivity contribution >= 4 is 23.0 Å². The lowest BCUT2D eigenvalue weighted by atomic mass is 10.2. The fourth-order valence-corrected chi connectivity index (χ4v) is 2.23. The molecule has 2 N–H and O–H groups in total. The van der Waals surface area contributed by atoms with E-state index in [4.69, 9.17) is 0 Å². The fourth-order valence-electron chi connectivity index (χ4n) is 2.23. The molecule has 2 rings (SSSR count). The molecule has 2 aromatic rings. The van der Waals surface area contributed by atoms with Crippen LogP contribution < -0.4 is 10.6 Å². The lowest BCUT2D eigenvalue weighted by molar-refractivity contribution is -0.384. The Morgan fingerprint density at radius 1 is 1.21 bits per heavy atom. The van der Waals surface area contributed by atoms with Crippen molar-refractivity contribution in [3.63, 3.8) is 0 Å². The first-order valence-corrected chi connectivity index (χ1v) is 7.50. The Morgan fingerprint density at radius 3 is 2.67 bits per heavy atom. The van der Waals surface area contributed by atoms with E-state index >= 15 is 0 Å². The van der Waals surface area contributed by atoms with E-state index in [2.05, 4.69) is 10.6 Å². The number of aryl methyl sites for hydroxylation is 1. The predicted octanol–water partition coefficient (Wildman–Crippen LogP) is 3.87. The molecule has 0 aliphatic heterocycles. The van der Waals surface area contributed by atoms with Gasteiger partial charge in [-0.25, -0.2) is 4.39 Å². The van der Waals surface area contributed by atoms with Gasteiger partial charge in [-0.15, -0.1) is 0 Å². The summed E-state index contributed by atoms with van der Waals surface area (Å²) in [5.74, 6) is -0.534. The van der Waals surface area contributed by atoms with E-state index in [0.717, 1.165) is 0 Å². The van der Waals surface area contributed by atoms with E-state index in [9.17, 15) is 19.3 Å². The molecule has 0 atom stereocenters. The number of nitro benzene ring substituents is 1. The Hall–Kier alpha value is -2.96. The van der Waals surface area contributed by atoms with Gasteiger partial charge in [0.2, 0.25) is 5.91 Å². The maximum atomic E-state index is 13.0. The number of rotatable bonds is 7. The Morgan fingerprint density at radius 2 is 1.96 bits per heavy atom. The summed E-state index contributed by atoms with van der Waals surface area (Å²) in [7, 11) is 0. The maximum absolute atomic E-state index is 13.0. The van der Waals surface area contributed by atoms with Crippen molar-refractivity contribution < 1.29 is 14.1 Å². The molecule has 0 aliphatic rings. The highest BCUT2D eigenvalue weighted by molar-refractivity contribution is 5.91. The smallest absolute Gasteiger partial charge is 0.292 e. The zero-order chi connectivity index (χ0) is 17.5. The molecule has 2 aromatic carbocycles. The van der Waals surface area contributed by atoms with Crippen molar-refractivity contribution in [2.75, 3.05) is 17.2 Å². The van der Waals surface area contributed by atoms with Crippen LogP contribution in [0.4, 0.5) is 21.5 Å². The summed E-state index contributed by atoms with van der Waals surface area (Å²) in [6, 6.07) is 10.5. The van der Waals surface area contributed by atoms with Crippen molar-refractivity contribution in [1.82, 2.24) is 0 Å². The van der Waals surface area contributed by atoms with Crippen molar-refractivity contribution in [2.24, 2.45) is 0 Å². The second kappa shape index (κ2) is 8.05. The van der Waals surface area contributed by atoms with E-state index in [1.165, 1.54) is 24.3 Å². The SMILES string of the molecule is Cc1cc(F)ccc1NC(=O)CCCNc1ccccc1[N+](=O)[O-]. The van der Waals surface area contributed by atoms with Gasteiger partial charge in [0.05, 0.1) is 4.92 Å². The Labute approximate surface area is 138 Å². The normalized spacial score (nSPS) is 10.2. The number of hydrogen-bond donors (Lipinski definition) is 2. The van der Waals surface area contributed by atoms with Crippen LogP contribution in [0.5, 0.6) is 0 Å². The molecule has 126 valence electrons. The minimum Gasteiger partial charge on any atom is -0.379 e. The van der Waals surface area contributed by atoms with Crippen LogP contribution in [0.2, 0.25) is 0 Å². The van der Waals surface area contributed by atoms with Gasteiger partial charge in [-0.05, 0) is 43.2 Å². The van der Waals surface area contributed by atoms with Crippen LogP contribution in [-0.2, 0) is 4.79 Å². The number of nitro groups is 1. The summed E-state index contributed by atoms with van der Waals surface area (Å²) < 4.78 is 13.0. The summed E-state index contributed by atoms with van der Waals surface area (Å²) in [4.78, 5) is 22.3. The number of hydrogen-bond acceptors (Lipinski definition) is 4. The van der Waals surface area contributed by atoms with E-state index in [1.54, 1.807) is 25.1 Å². The van der Waals surface area contributed by atoms with Gasteiger partial charge in [0, 0.05) is 24.7 Å². The highest BCUT2D eigenvalue weighted by Crippen LogP contribution is 2.23. The van der Waals surface area contributed by atoms with Crippen LogP contribution in [0.1, 0.15) is 18.4 Å². The van der Waals surface area contributed by atoms with Gasteiger partial charge < -0.3 is 10.6 Å². The number of para-hydroxylation sites is 2. The van der Waals surface area contributed by atoms with Gasteiger partial charge >= 0.3 is 0 Å². The molecule has 0 fully saturated rings. The predicted molar refractivity (Wildman–Crippen MR) is 90.6 cm³/mol. The summed E-state index contributed by atoms with van der Waals surface area (Å²) in [6.07, 6.45) is 0.766. The van der Waals surface area contributed by atoms with Crippen LogP contribution in [0.3, 0.4) is 0 Å². The van der Waals surface area contributed by atoms with E-state index in [0.29, 0.717) is 29.9 Å². The van der Waals surface area contributed by atoms with Crippen LogP contribution in [-0.4, -0.2) is 17.4 Å². The first kappa shape index (κ1) is 17.4. The van der Waals surface area contributed by atoms with Crippen molar-refractivity contribution in [1.29, 1.82) is 0 Å². The van der Waals surface area contributed by atoms with E-state index in [-0.39, 0.29) is 23.8 Å². The third-order valence-electron chi connectivity index (χ3n) is 3.46. The molecule has 7 heteroatoms. The second-order valence-electron chi connectivity index (χ2n) is 5.31. The molecule has 0 bridgehead atoms. The largest absolute Gasteiger partial charge is 0.379 e. The summed E-state index contributed by atoms with van der Waals surface area (Å²) in [5, 5.41) is 16.6. The molecule has 0 heterocycles. The van der Waals surface area contributed by atoms with Gasteiger partial charge in [0.1, 0.15) is 11.5 Å². The quantitative estimate of drug-likeness (QED) is 0.458. The number of amides is 1. The van der Waals surface area contributed by atoms with Gasteiger partial charge in [-0.2, -0.15) is 0 Å². The molecule has 0 radical (unpaired) electrons. The Bertz CT molecular complexity index is 750. The summed E-state index contributed by atoms with van der Waals surface area (Å²) in [6.45, 7) is 2.15.